The molecular weight excluding hydrogens is 268 g/mol. The van der Waals surface area contributed by atoms with Gasteiger partial charge >= 0.3 is 5.97 Å². The van der Waals surface area contributed by atoms with E-state index in [4.69, 9.17) is 4.74 Å². The number of benzene rings is 1. The highest BCUT2D eigenvalue weighted by atomic mass is 16.5. The lowest BCUT2D eigenvalue weighted by atomic mass is 10.00. The standard InChI is InChI=1S/C16H24N2O3/c1-12(2)17-16(3,15(19)20)11-18-9-6-10-21-14-8-5-4-7-13(14)18/h4-5,7-8,12,17H,6,9-11H2,1-3H3,(H,19,20). The maximum Gasteiger partial charge on any atom is 0.325 e. The van der Waals surface area contributed by atoms with E-state index in [0.29, 0.717) is 13.2 Å². The number of fused-ring (bicyclic) bond motifs is 1. The lowest BCUT2D eigenvalue weighted by Gasteiger charge is -2.35. The van der Waals surface area contributed by atoms with Crippen LogP contribution in [0.15, 0.2) is 24.3 Å². The number of anilines is 1. The number of aliphatic carboxylic acids is 1. The van der Waals surface area contributed by atoms with Crippen molar-refractivity contribution in [3.05, 3.63) is 24.3 Å². The predicted octanol–water partition coefficient (Wildman–Crippen LogP) is 2.12. The fraction of sp³-hybridized carbons (Fsp3) is 0.562. The molecule has 0 saturated carbocycles. The third kappa shape index (κ3) is 3.67. The van der Waals surface area contributed by atoms with E-state index < -0.39 is 11.5 Å². The molecule has 1 aliphatic rings. The van der Waals surface area contributed by atoms with Crippen LogP contribution in [-0.4, -0.2) is 42.4 Å². The van der Waals surface area contributed by atoms with Gasteiger partial charge in [0.1, 0.15) is 11.3 Å². The first-order valence-electron chi connectivity index (χ1n) is 7.40. The van der Waals surface area contributed by atoms with Gasteiger partial charge in [-0.1, -0.05) is 12.1 Å². The van der Waals surface area contributed by atoms with Crippen LogP contribution < -0.4 is 15.0 Å². The van der Waals surface area contributed by atoms with Gasteiger partial charge in [-0.2, -0.15) is 0 Å². The van der Waals surface area contributed by atoms with Gasteiger partial charge in [0.2, 0.25) is 0 Å². The molecule has 0 saturated heterocycles. The van der Waals surface area contributed by atoms with Gasteiger partial charge in [-0.3, -0.25) is 10.1 Å². The van der Waals surface area contributed by atoms with Crippen LogP contribution in [-0.2, 0) is 4.79 Å². The molecule has 1 aromatic carbocycles. The van der Waals surface area contributed by atoms with E-state index in [1.54, 1.807) is 6.92 Å². The normalized spacial score (nSPS) is 17.6. The molecule has 1 aromatic rings. The van der Waals surface area contributed by atoms with Crippen molar-refractivity contribution in [3.63, 3.8) is 0 Å². The summed E-state index contributed by atoms with van der Waals surface area (Å²) in [7, 11) is 0. The first-order valence-corrected chi connectivity index (χ1v) is 7.40. The molecule has 5 heteroatoms. The lowest BCUT2D eigenvalue weighted by Crippen LogP contribution is -2.59. The van der Waals surface area contributed by atoms with Crippen LogP contribution in [0.4, 0.5) is 5.69 Å². The molecule has 5 nitrogen and oxygen atoms in total. The number of nitrogens with zero attached hydrogens (tertiary/aromatic N) is 1. The van der Waals surface area contributed by atoms with E-state index in [0.717, 1.165) is 24.4 Å². The lowest BCUT2D eigenvalue weighted by molar-refractivity contribution is -0.144. The van der Waals surface area contributed by atoms with E-state index in [2.05, 4.69) is 10.2 Å². The number of rotatable bonds is 5. The van der Waals surface area contributed by atoms with Crippen LogP contribution in [0.3, 0.4) is 0 Å². The van der Waals surface area contributed by atoms with Gasteiger partial charge in [-0.25, -0.2) is 0 Å². The minimum Gasteiger partial charge on any atom is -0.491 e. The van der Waals surface area contributed by atoms with Gasteiger partial charge < -0.3 is 14.7 Å². The Hall–Kier alpha value is -1.75. The van der Waals surface area contributed by atoms with Crippen LogP contribution in [0.25, 0.3) is 0 Å². The van der Waals surface area contributed by atoms with Gasteiger partial charge in [0.15, 0.2) is 0 Å². The zero-order chi connectivity index (χ0) is 15.5. The molecule has 0 fully saturated rings. The topological polar surface area (TPSA) is 61.8 Å². The van der Waals surface area contributed by atoms with Crippen molar-refractivity contribution in [1.29, 1.82) is 0 Å². The molecule has 0 bridgehead atoms. The zero-order valence-electron chi connectivity index (χ0n) is 12.9. The number of carboxylic acid groups (broad SMARTS) is 1. The van der Waals surface area contributed by atoms with Crippen molar-refractivity contribution in [3.8, 4) is 5.75 Å². The Morgan fingerprint density at radius 2 is 2.19 bits per heavy atom. The maximum absolute atomic E-state index is 11.7. The van der Waals surface area contributed by atoms with Crippen molar-refractivity contribution in [2.45, 2.75) is 38.8 Å². The van der Waals surface area contributed by atoms with Crippen LogP contribution >= 0.6 is 0 Å². The Morgan fingerprint density at radius 1 is 1.48 bits per heavy atom. The number of hydrogen-bond acceptors (Lipinski definition) is 4. The van der Waals surface area contributed by atoms with Gasteiger partial charge in [0.25, 0.3) is 0 Å². The largest absolute Gasteiger partial charge is 0.491 e. The average molecular weight is 292 g/mol. The summed E-state index contributed by atoms with van der Waals surface area (Å²) >= 11 is 0. The molecular formula is C16H24N2O3. The Labute approximate surface area is 125 Å². The Bertz CT molecular complexity index is 504. The number of hydrogen-bond donors (Lipinski definition) is 2. The Balaban J connectivity index is 2.26. The van der Waals surface area contributed by atoms with E-state index in [-0.39, 0.29) is 6.04 Å². The summed E-state index contributed by atoms with van der Waals surface area (Å²) in [6.07, 6.45) is 0.881. The van der Waals surface area contributed by atoms with Crippen molar-refractivity contribution in [2.75, 3.05) is 24.6 Å². The van der Waals surface area contributed by atoms with Crippen molar-refractivity contribution in [1.82, 2.24) is 5.32 Å². The van der Waals surface area contributed by atoms with Gasteiger partial charge in [-0.15, -0.1) is 0 Å². The maximum atomic E-state index is 11.7. The third-order valence-electron chi connectivity index (χ3n) is 3.62. The quantitative estimate of drug-likeness (QED) is 0.870. The molecule has 0 amide bonds. The molecule has 1 atom stereocenters. The Morgan fingerprint density at radius 3 is 2.86 bits per heavy atom. The molecule has 0 radical (unpaired) electrons. The fourth-order valence-electron chi connectivity index (χ4n) is 2.76. The second-order valence-corrected chi connectivity index (χ2v) is 6.03. The summed E-state index contributed by atoms with van der Waals surface area (Å²) in [6.45, 7) is 7.51. The minimum absolute atomic E-state index is 0.101. The molecule has 1 unspecified atom stereocenters. The predicted molar refractivity (Wildman–Crippen MR) is 83.1 cm³/mol. The monoisotopic (exact) mass is 292 g/mol. The number of nitrogens with one attached hydrogen (secondary N) is 1. The van der Waals surface area contributed by atoms with E-state index >= 15 is 0 Å². The van der Waals surface area contributed by atoms with Crippen LogP contribution in [0.2, 0.25) is 0 Å². The number of ether oxygens (including phenoxy) is 1. The summed E-state index contributed by atoms with van der Waals surface area (Å²) in [5.74, 6) is -0.00821. The highest BCUT2D eigenvalue weighted by Gasteiger charge is 2.36. The Kier molecular flexibility index (Phi) is 4.73. The number of carbonyl (C=O) groups is 1. The zero-order valence-corrected chi connectivity index (χ0v) is 12.9. The molecule has 1 heterocycles. The van der Waals surface area contributed by atoms with Crippen LogP contribution in [0, 0.1) is 0 Å². The minimum atomic E-state index is -0.994. The molecule has 1 aliphatic heterocycles. The van der Waals surface area contributed by atoms with Gasteiger partial charge in [0, 0.05) is 19.1 Å². The van der Waals surface area contributed by atoms with Crippen molar-refractivity contribution in [2.24, 2.45) is 0 Å². The molecule has 0 spiro atoms. The SMILES string of the molecule is CC(C)NC(C)(CN1CCCOc2ccccc21)C(=O)O. The molecule has 21 heavy (non-hydrogen) atoms. The van der Waals surface area contributed by atoms with Crippen LogP contribution in [0.1, 0.15) is 27.2 Å². The first kappa shape index (κ1) is 15.6. The molecule has 0 aliphatic carbocycles. The molecule has 116 valence electrons. The summed E-state index contributed by atoms with van der Waals surface area (Å²) in [5.41, 5.74) is -0.0287. The van der Waals surface area contributed by atoms with Crippen molar-refractivity contribution >= 4 is 11.7 Å². The summed E-state index contributed by atoms with van der Waals surface area (Å²) in [4.78, 5) is 13.8. The number of para-hydroxylation sites is 2. The van der Waals surface area contributed by atoms with Gasteiger partial charge in [0.05, 0.1) is 12.3 Å². The first-order chi connectivity index (χ1) is 9.92. The van der Waals surface area contributed by atoms with E-state index in [1.807, 2.05) is 38.1 Å². The third-order valence-corrected chi connectivity index (χ3v) is 3.62. The van der Waals surface area contributed by atoms with E-state index in [9.17, 15) is 9.90 Å². The van der Waals surface area contributed by atoms with Gasteiger partial charge in [-0.05, 0) is 39.3 Å². The smallest absolute Gasteiger partial charge is 0.325 e. The highest BCUT2D eigenvalue weighted by molar-refractivity contribution is 5.79. The second-order valence-electron chi connectivity index (χ2n) is 6.03. The van der Waals surface area contributed by atoms with E-state index in [1.165, 1.54) is 0 Å². The number of carboxylic acids is 1. The molecule has 2 N–H and O–H groups in total. The van der Waals surface area contributed by atoms with Crippen molar-refractivity contribution < 1.29 is 14.6 Å². The summed E-state index contributed by atoms with van der Waals surface area (Å²) in [6, 6.07) is 7.91. The highest BCUT2D eigenvalue weighted by Crippen LogP contribution is 2.31. The fourth-order valence-corrected chi connectivity index (χ4v) is 2.76. The average Bonchev–Trinajstić information content (AvgIpc) is 2.60. The summed E-state index contributed by atoms with van der Waals surface area (Å²) < 4.78 is 5.73. The second kappa shape index (κ2) is 6.35. The molecule has 2 rings (SSSR count). The van der Waals surface area contributed by atoms with Crippen LogP contribution in [0.5, 0.6) is 5.75 Å². The summed E-state index contributed by atoms with van der Waals surface area (Å²) in [5, 5.41) is 12.8. The molecule has 0 aromatic heterocycles.